The smallest absolute Gasteiger partial charge is 0.342 e. The van der Waals surface area contributed by atoms with Crippen LogP contribution in [-0.2, 0) is 9.53 Å². The van der Waals surface area contributed by atoms with Crippen LogP contribution in [0.3, 0.4) is 0 Å². The van der Waals surface area contributed by atoms with E-state index in [1.807, 2.05) is 0 Å². The zero-order valence-electron chi connectivity index (χ0n) is 12.0. The molecule has 0 aliphatic rings. The minimum absolute atomic E-state index is 0.0184. The number of carbonyl (C=O) groups is 2. The highest BCUT2D eigenvalue weighted by molar-refractivity contribution is 6.30. The van der Waals surface area contributed by atoms with Gasteiger partial charge in [-0.05, 0) is 24.6 Å². The standard InChI is InChI=1S/C15H20ClNO4/c1-2-3-4-5-8-17-14(19)10-21-15(20)12-7-6-11(16)9-13(12)18/h6-7,9,18H,2-5,8,10H2,1H3,(H,17,19). The number of carbonyl (C=O) groups excluding carboxylic acids is 2. The second-order valence-electron chi connectivity index (χ2n) is 4.65. The molecule has 1 aromatic carbocycles. The number of rotatable bonds is 8. The van der Waals surface area contributed by atoms with Gasteiger partial charge in [0.15, 0.2) is 6.61 Å². The van der Waals surface area contributed by atoms with Gasteiger partial charge in [-0.1, -0.05) is 37.8 Å². The average Bonchev–Trinajstić information content (AvgIpc) is 2.44. The second-order valence-corrected chi connectivity index (χ2v) is 5.08. The van der Waals surface area contributed by atoms with Gasteiger partial charge >= 0.3 is 5.97 Å². The first kappa shape index (κ1) is 17.3. The summed E-state index contributed by atoms with van der Waals surface area (Å²) in [6.07, 6.45) is 4.25. The fraction of sp³-hybridized carbons (Fsp3) is 0.467. The van der Waals surface area contributed by atoms with E-state index < -0.39 is 5.97 Å². The van der Waals surface area contributed by atoms with Crippen LogP contribution in [-0.4, -0.2) is 30.1 Å². The van der Waals surface area contributed by atoms with Crippen molar-refractivity contribution in [3.05, 3.63) is 28.8 Å². The molecule has 0 saturated heterocycles. The highest BCUT2D eigenvalue weighted by Crippen LogP contribution is 2.22. The van der Waals surface area contributed by atoms with Gasteiger partial charge in [-0.15, -0.1) is 0 Å². The number of nitrogens with one attached hydrogen (secondary N) is 1. The quantitative estimate of drug-likeness (QED) is 0.571. The molecule has 0 saturated carbocycles. The van der Waals surface area contributed by atoms with E-state index in [-0.39, 0.29) is 23.8 Å². The van der Waals surface area contributed by atoms with Crippen molar-refractivity contribution >= 4 is 23.5 Å². The van der Waals surface area contributed by atoms with Crippen LogP contribution in [0, 0.1) is 0 Å². The summed E-state index contributed by atoms with van der Waals surface area (Å²) in [7, 11) is 0. The van der Waals surface area contributed by atoms with E-state index >= 15 is 0 Å². The summed E-state index contributed by atoms with van der Waals surface area (Å²) in [6.45, 7) is 2.32. The Kier molecular flexibility index (Phi) is 7.61. The van der Waals surface area contributed by atoms with Crippen LogP contribution in [0.2, 0.25) is 5.02 Å². The Morgan fingerprint density at radius 2 is 2.05 bits per heavy atom. The molecular weight excluding hydrogens is 294 g/mol. The van der Waals surface area contributed by atoms with Gasteiger partial charge < -0.3 is 15.2 Å². The van der Waals surface area contributed by atoms with Crippen LogP contribution in [0.1, 0.15) is 43.0 Å². The number of hydrogen-bond donors (Lipinski definition) is 2. The zero-order chi connectivity index (χ0) is 15.7. The normalized spacial score (nSPS) is 10.2. The van der Waals surface area contributed by atoms with E-state index in [4.69, 9.17) is 16.3 Å². The third-order valence-corrected chi connectivity index (χ3v) is 3.10. The summed E-state index contributed by atoms with van der Waals surface area (Å²) >= 11 is 5.67. The lowest BCUT2D eigenvalue weighted by Crippen LogP contribution is -2.29. The number of unbranched alkanes of at least 4 members (excludes halogenated alkanes) is 3. The minimum atomic E-state index is -0.759. The van der Waals surface area contributed by atoms with Crippen LogP contribution in [0.4, 0.5) is 0 Å². The zero-order valence-corrected chi connectivity index (χ0v) is 12.8. The summed E-state index contributed by atoms with van der Waals surface area (Å²) in [5, 5.41) is 12.6. The van der Waals surface area contributed by atoms with Crippen molar-refractivity contribution in [2.75, 3.05) is 13.2 Å². The van der Waals surface area contributed by atoms with Gasteiger partial charge in [0.05, 0.1) is 0 Å². The fourth-order valence-corrected chi connectivity index (χ4v) is 1.88. The van der Waals surface area contributed by atoms with Crippen molar-refractivity contribution in [2.45, 2.75) is 32.6 Å². The number of ether oxygens (including phenoxy) is 1. The van der Waals surface area contributed by atoms with Crippen molar-refractivity contribution < 1.29 is 19.4 Å². The van der Waals surface area contributed by atoms with Crippen LogP contribution in [0.15, 0.2) is 18.2 Å². The van der Waals surface area contributed by atoms with E-state index in [0.717, 1.165) is 25.7 Å². The highest BCUT2D eigenvalue weighted by Gasteiger charge is 2.14. The lowest BCUT2D eigenvalue weighted by molar-refractivity contribution is -0.124. The van der Waals surface area contributed by atoms with Crippen LogP contribution in [0.25, 0.3) is 0 Å². The Bertz CT molecular complexity index is 491. The van der Waals surface area contributed by atoms with E-state index in [2.05, 4.69) is 12.2 Å². The molecule has 0 aliphatic carbocycles. The van der Waals surface area contributed by atoms with Gasteiger partial charge in [-0.2, -0.15) is 0 Å². The number of benzene rings is 1. The monoisotopic (exact) mass is 313 g/mol. The Hall–Kier alpha value is -1.75. The van der Waals surface area contributed by atoms with Crippen LogP contribution in [0.5, 0.6) is 5.75 Å². The number of amides is 1. The molecule has 21 heavy (non-hydrogen) atoms. The molecule has 0 radical (unpaired) electrons. The summed E-state index contributed by atoms with van der Waals surface area (Å²) < 4.78 is 4.83. The summed E-state index contributed by atoms with van der Waals surface area (Å²) in [4.78, 5) is 23.2. The molecule has 0 heterocycles. The Morgan fingerprint density at radius 1 is 1.29 bits per heavy atom. The van der Waals surface area contributed by atoms with E-state index in [0.29, 0.717) is 11.6 Å². The number of halogens is 1. The molecule has 5 nitrogen and oxygen atoms in total. The van der Waals surface area contributed by atoms with Crippen LogP contribution >= 0.6 is 11.6 Å². The maximum Gasteiger partial charge on any atom is 0.342 e. The molecule has 1 amide bonds. The average molecular weight is 314 g/mol. The molecule has 0 aromatic heterocycles. The summed E-state index contributed by atoms with van der Waals surface area (Å²) in [5.74, 6) is -1.38. The number of phenols is 1. The molecule has 1 rings (SSSR count). The molecule has 0 atom stereocenters. The number of aromatic hydroxyl groups is 1. The maximum atomic E-state index is 11.7. The minimum Gasteiger partial charge on any atom is -0.507 e. The third kappa shape index (κ3) is 6.49. The Balaban J connectivity index is 2.30. The third-order valence-electron chi connectivity index (χ3n) is 2.87. The Morgan fingerprint density at radius 3 is 2.71 bits per heavy atom. The predicted molar refractivity (Wildman–Crippen MR) is 80.6 cm³/mol. The molecule has 0 spiro atoms. The molecule has 0 fully saturated rings. The maximum absolute atomic E-state index is 11.7. The van der Waals surface area contributed by atoms with Gasteiger partial charge in [-0.3, -0.25) is 4.79 Å². The van der Waals surface area contributed by atoms with E-state index in [9.17, 15) is 14.7 Å². The second kappa shape index (κ2) is 9.23. The molecule has 2 N–H and O–H groups in total. The molecule has 0 bridgehead atoms. The van der Waals surface area contributed by atoms with Gasteiger partial charge in [0, 0.05) is 11.6 Å². The molecule has 0 unspecified atom stereocenters. The first-order chi connectivity index (χ1) is 10.0. The van der Waals surface area contributed by atoms with Crippen LogP contribution < -0.4 is 5.32 Å². The van der Waals surface area contributed by atoms with Crippen molar-refractivity contribution in [2.24, 2.45) is 0 Å². The number of phenolic OH excluding ortho intramolecular Hbond substituents is 1. The first-order valence-corrected chi connectivity index (χ1v) is 7.34. The van der Waals surface area contributed by atoms with E-state index in [1.165, 1.54) is 18.2 Å². The summed E-state index contributed by atoms with van der Waals surface area (Å²) in [5.41, 5.74) is -0.0184. The fourth-order valence-electron chi connectivity index (χ4n) is 1.72. The molecule has 6 heteroatoms. The predicted octanol–water partition coefficient (Wildman–Crippen LogP) is 2.90. The van der Waals surface area contributed by atoms with Crippen molar-refractivity contribution in [1.29, 1.82) is 0 Å². The molecular formula is C15H20ClNO4. The largest absolute Gasteiger partial charge is 0.507 e. The summed E-state index contributed by atoms with van der Waals surface area (Å²) in [6, 6.07) is 4.06. The highest BCUT2D eigenvalue weighted by atomic mass is 35.5. The Labute approximate surface area is 129 Å². The lowest BCUT2D eigenvalue weighted by atomic mass is 10.2. The van der Waals surface area contributed by atoms with Crippen molar-refractivity contribution in [3.63, 3.8) is 0 Å². The molecule has 1 aromatic rings. The van der Waals surface area contributed by atoms with Crippen molar-refractivity contribution in [1.82, 2.24) is 5.32 Å². The molecule has 116 valence electrons. The number of esters is 1. The lowest BCUT2D eigenvalue weighted by Gasteiger charge is -2.07. The van der Waals surface area contributed by atoms with Gasteiger partial charge in [0.2, 0.25) is 0 Å². The van der Waals surface area contributed by atoms with Crippen molar-refractivity contribution in [3.8, 4) is 5.75 Å². The van der Waals surface area contributed by atoms with Gasteiger partial charge in [0.25, 0.3) is 5.91 Å². The van der Waals surface area contributed by atoms with Gasteiger partial charge in [0.1, 0.15) is 11.3 Å². The van der Waals surface area contributed by atoms with E-state index in [1.54, 1.807) is 0 Å². The topological polar surface area (TPSA) is 75.6 Å². The van der Waals surface area contributed by atoms with Gasteiger partial charge in [-0.25, -0.2) is 4.79 Å². The number of hydrogen-bond acceptors (Lipinski definition) is 4. The molecule has 0 aliphatic heterocycles. The SMILES string of the molecule is CCCCCCNC(=O)COC(=O)c1ccc(Cl)cc1O. The first-order valence-electron chi connectivity index (χ1n) is 6.97.